The fourth-order valence-corrected chi connectivity index (χ4v) is 5.91. The minimum Gasteiger partial charge on any atom is -0.480 e. The lowest BCUT2D eigenvalue weighted by Gasteiger charge is -2.39. The molecule has 2 aliphatic heterocycles. The first-order valence-corrected chi connectivity index (χ1v) is 14.0. The third kappa shape index (κ3) is 6.00. The van der Waals surface area contributed by atoms with Gasteiger partial charge in [0, 0.05) is 55.4 Å². The number of halogens is 3. The van der Waals surface area contributed by atoms with Crippen LogP contribution in [0.5, 0.6) is 5.88 Å². The number of hydrogen-bond donors (Lipinski definition) is 3. The van der Waals surface area contributed by atoms with E-state index in [-0.39, 0.29) is 28.5 Å². The maximum atomic E-state index is 14.8. The van der Waals surface area contributed by atoms with Gasteiger partial charge in [-0.15, -0.1) is 0 Å². The molecular weight excluding hydrogens is 579 g/mol. The number of ether oxygens (including phenoxy) is 1. The highest BCUT2D eigenvalue weighted by molar-refractivity contribution is 5.74. The second-order valence-electron chi connectivity index (χ2n) is 11.2. The van der Waals surface area contributed by atoms with Crippen molar-refractivity contribution in [2.45, 2.75) is 44.5 Å². The summed E-state index contributed by atoms with van der Waals surface area (Å²) in [6, 6.07) is 7.06. The van der Waals surface area contributed by atoms with Gasteiger partial charge in [0.2, 0.25) is 17.9 Å². The van der Waals surface area contributed by atoms with Crippen LogP contribution in [0.25, 0.3) is 16.8 Å². The smallest absolute Gasteiger partial charge is 0.429 e. The number of aromatic nitrogens is 6. The van der Waals surface area contributed by atoms with Crippen molar-refractivity contribution in [2.75, 3.05) is 30.3 Å². The number of carbonyl (C=O) groups is 1. The molecule has 2 fully saturated rings. The van der Waals surface area contributed by atoms with E-state index in [1.807, 2.05) is 4.90 Å². The summed E-state index contributed by atoms with van der Waals surface area (Å²) in [5.41, 5.74) is 7.41. The van der Waals surface area contributed by atoms with Gasteiger partial charge in [-0.25, -0.2) is 14.6 Å². The van der Waals surface area contributed by atoms with E-state index < -0.39 is 24.3 Å². The van der Waals surface area contributed by atoms with Gasteiger partial charge in [-0.2, -0.15) is 28.2 Å². The molecule has 44 heavy (non-hydrogen) atoms. The van der Waals surface area contributed by atoms with Gasteiger partial charge in [-0.05, 0) is 55.4 Å². The number of nitrogen functional groups attached to an aromatic ring is 1. The Kier molecular flexibility index (Phi) is 7.57. The fraction of sp³-hybridized carbons (Fsp3) is 0.379. The highest BCUT2D eigenvalue weighted by Gasteiger charge is 2.46. The third-order valence-electron chi connectivity index (χ3n) is 8.22. The first kappa shape index (κ1) is 29.3. The summed E-state index contributed by atoms with van der Waals surface area (Å²) in [6.07, 6.45) is 0.560. The van der Waals surface area contributed by atoms with Crippen LogP contribution in [-0.2, 0) is 4.79 Å². The maximum Gasteiger partial charge on any atom is 0.429 e. The predicted molar refractivity (Wildman–Crippen MR) is 153 cm³/mol. The molecule has 15 heteroatoms. The van der Waals surface area contributed by atoms with E-state index in [2.05, 4.69) is 30.4 Å². The molecule has 1 aromatic carbocycles. The Morgan fingerprint density at radius 1 is 1.14 bits per heavy atom. The molecule has 6 rings (SSSR count). The van der Waals surface area contributed by atoms with Gasteiger partial charge in [0.15, 0.2) is 0 Å². The van der Waals surface area contributed by atoms with Crippen molar-refractivity contribution in [3.8, 4) is 22.7 Å². The van der Waals surface area contributed by atoms with E-state index in [0.29, 0.717) is 61.5 Å². The second kappa shape index (κ2) is 11.4. The van der Waals surface area contributed by atoms with E-state index >= 15 is 0 Å². The summed E-state index contributed by atoms with van der Waals surface area (Å²) in [4.78, 5) is 29.6. The topological polar surface area (TPSA) is 157 Å². The number of alkyl halides is 3. The average Bonchev–Trinajstić information content (AvgIpc) is 3.62. The van der Waals surface area contributed by atoms with Gasteiger partial charge in [0.1, 0.15) is 18.2 Å². The van der Waals surface area contributed by atoms with Crippen LogP contribution in [0, 0.1) is 12.3 Å². The molecule has 230 valence electrons. The second-order valence-corrected chi connectivity index (χ2v) is 11.2. The van der Waals surface area contributed by atoms with Gasteiger partial charge in [0.05, 0.1) is 11.4 Å². The zero-order valence-electron chi connectivity index (χ0n) is 23.7. The van der Waals surface area contributed by atoms with Crippen LogP contribution in [0.1, 0.15) is 36.6 Å². The van der Waals surface area contributed by atoms with Crippen molar-refractivity contribution >= 4 is 17.7 Å². The summed E-state index contributed by atoms with van der Waals surface area (Å²) in [5.74, 6) is -1.10. The molecule has 12 nitrogen and oxygen atoms in total. The number of aryl methyl sites for hydroxylation is 1. The standard InChI is InChI=1S/C29H30F3N9O3/c1-17-4-7-41(39-17)22-3-2-18(19-13-34-16-35-14-19)10-20(22)25(29(30,31)32)44-24-11-23(37-27(33)38-24)40-8-5-28(6-9-40)12-21(26(42)43)36-15-28/h2-4,7,10-11,13-14,16,21,25,36H,5-6,8-9,12,15H2,1H3,(H,42,43)(H2,33,37,38)/t21?,25-/m1/s1. The van der Waals surface area contributed by atoms with Crippen LogP contribution in [0.2, 0.25) is 0 Å². The van der Waals surface area contributed by atoms with Crippen LogP contribution >= 0.6 is 0 Å². The number of carboxylic acid groups (broad SMARTS) is 1. The quantitative estimate of drug-likeness (QED) is 0.281. The summed E-state index contributed by atoms with van der Waals surface area (Å²) < 4.78 is 51.5. The van der Waals surface area contributed by atoms with E-state index in [9.17, 15) is 23.1 Å². The lowest BCUT2D eigenvalue weighted by Crippen LogP contribution is -2.41. The molecule has 0 saturated carbocycles. The number of anilines is 2. The Bertz CT molecular complexity index is 1660. The van der Waals surface area contributed by atoms with Crippen LogP contribution in [0.3, 0.4) is 0 Å². The molecule has 4 N–H and O–H groups in total. The molecule has 2 atom stereocenters. The first-order valence-electron chi connectivity index (χ1n) is 14.0. The summed E-state index contributed by atoms with van der Waals surface area (Å²) in [7, 11) is 0. The molecule has 0 amide bonds. The molecule has 2 saturated heterocycles. The predicted octanol–water partition coefficient (Wildman–Crippen LogP) is 3.73. The van der Waals surface area contributed by atoms with Gasteiger partial charge in [0.25, 0.3) is 0 Å². The number of nitrogens with zero attached hydrogens (tertiary/aromatic N) is 7. The summed E-state index contributed by atoms with van der Waals surface area (Å²) in [6.45, 7) is 3.38. The number of rotatable bonds is 7. The SMILES string of the molecule is Cc1ccn(-c2ccc(-c3cncnc3)cc2[C@@H](Oc2cc(N3CCC4(CC3)CNC(C(=O)O)C4)nc(N)n2)C(F)(F)F)n1. The minimum atomic E-state index is -4.85. The molecule has 4 aromatic rings. The molecule has 2 aliphatic rings. The van der Waals surface area contributed by atoms with Gasteiger partial charge in [-0.1, -0.05) is 6.07 Å². The molecule has 1 spiro atoms. The Morgan fingerprint density at radius 2 is 1.89 bits per heavy atom. The Hall–Kier alpha value is -4.79. The molecule has 5 heterocycles. The lowest BCUT2D eigenvalue weighted by molar-refractivity contribution is -0.198. The van der Waals surface area contributed by atoms with Gasteiger partial charge in [-0.3, -0.25) is 4.79 Å². The number of benzene rings is 1. The van der Waals surface area contributed by atoms with Crippen molar-refractivity contribution in [1.82, 2.24) is 35.0 Å². The van der Waals surface area contributed by atoms with Crippen LogP contribution in [0.4, 0.5) is 24.9 Å². The van der Waals surface area contributed by atoms with Crippen molar-refractivity contribution in [1.29, 1.82) is 0 Å². The van der Waals surface area contributed by atoms with E-state index in [0.717, 1.165) is 0 Å². The number of carboxylic acids is 1. The molecule has 0 radical (unpaired) electrons. The van der Waals surface area contributed by atoms with Crippen molar-refractivity contribution in [3.63, 3.8) is 0 Å². The van der Waals surface area contributed by atoms with Crippen LogP contribution < -0.4 is 20.7 Å². The number of nitrogens with two attached hydrogens (primary N) is 1. The van der Waals surface area contributed by atoms with Crippen LogP contribution in [0.15, 0.2) is 55.2 Å². The maximum absolute atomic E-state index is 14.8. The Balaban J connectivity index is 1.31. The summed E-state index contributed by atoms with van der Waals surface area (Å²) in [5, 5.41) is 16.8. The zero-order chi connectivity index (χ0) is 31.1. The molecular formula is C29H30F3N9O3. The average molecular weight is 610 g/mol. The normalized spacial score (nSPS) is 18.8. The number of hydrogen-bond acceptors (Lipinski definition) is 10. The Labute approximate surface area is 250 Å². The van der Waals surface area contributed by atoms with Gasteiger partial charge < -0.3 is 25.8 Å². The van der Waals surface area contributed by atoms with E-state index in [4.69, 9.17) is 10.5 Å². The molecule has 1 unspecified atom stereocenters. The zero-order valence-corrected chi connectivity index (χ0v) is 23.7. The lowest BCUT2D eigenvalue weighted by atomic mass is 9.76. The van der Waals surface area contributed by atoms with Crippen molar-refractivity contribution in [2.24, 2.45) is 5.41 Å². The van der Waals surface area contributed by atoms with Crippen molar-refractivity contribution in [3.05, 3.63) is 66.5 Å². The third-order valence-corrected chi connectivity index (χ3v) is 8.22. The van der Waals surface area contributed by atoms with E-state index in [1.54, 1.807) is 31.3 Å². The molecule has 0 aliphatic carbocycles. The summed E-state index contributed by atoms with van der Waals surface area (Å²) >= 11 is 0. The molecule has 3 aromatic heterocycles. The first-order chi connectivity index (χ1) is 21.0. The highest BCUT2D eigenvalue weighted by Crippen LogP contribution is 2.43. The Morgan fingerprint density at radius 3 is 2.52 bits per heavy atom. The number of nitrogens with one attached hydrogen (secondary N) is 1. The van der Waals surface area contributed by atoms with Gasteiger partial charge >= 0.3 is 12.1 Å². The fourth-order valence-electron chi connectivity index (χ4n) is 5.91. The van der Waals surface area contributed by atoms with Crippen molar-refractivity contribution < 1.29 is 27.8 Å². The van der Waals surface area contributed by atoms with Crippen LogP contribution in [-0.4, -0.2) is 72.6 Å². The highest BCUT2D eigenvalue weighted by atomic mass is 19.4. The number of piperidine rings is 1. The minimum absolute atomic E-state index is 0.158. The molecule has 0 bridgehead atoms. The number of aliphatic carboxylic acids is 1. The van der Waals surface area contributed by atoms with E-state index in [1.165, 1.54) is 35.5 Å². The monoisotopic (exact) mass is 609 g/mol. The largest absolute Gasteiger partial charge is 0.480 e.